The van der Waals surface area contributed by atoms with Crippen LogP contribution in [0.1, 0.15) is 70.0 Å². The minimum Gasteiger partial charge on any atom is -0.444 e. The number of anilines is 1. The van der Waals surface area contributed by atoms with Crippen molar-refractivity contribution in [1.29, 1.82) is 0 Å². The molecule has 33 heavy (non-hydrogen) atoms. The van der Waals surface area contributed by atoms with Crippen LogP contribution in [0.15, 0.2) is 18.2 Å². The number of benzene rings is 1. The van der Waals surface area contributed by atoms with Gasteiger partial charge in [0.2, 0.25) is 11.8 Å². The monoisotopic (exact) mass is 460 g/mol. The number of nitrogens with one attached hydrogen (secondary N) is 2. The van der Waals surface area contributed by atoms with Crippen molar-refractivity contribution in [2.45, 2.75) is 76.6 Å². The van der Waals surface area contributed by atoms with E-state index in [9.17, 15) is 24.6 Å². The predicted octanol–water partition coefficient (Wildman–Crippen LogP) is 1.60. The molecule has 3 amide bonds. The van der Waals surface area contributed by atoms with Gasteiger partial charge in [-0.05, 0) is 46.1 Å². The quantitative estimate of drug-likeness (QED) is 0.500. The molecule has 4 rings (SSSR count). The van der Waals surface area contributed by atoms with E-state index in [0.717, 1.165) is 0 Å². The fourth-order valence-corrected chi connectivity index (χ4v) is 4.73. The number of piperidine rings is 2. The number of nitrogens with zero attached hydrogens (tertiary/aromatic N) is 2. The molecule has 0 radical (unpaired) electrons. The third-order valence-electron chi connectivity index (χ3n) is 6.32. The summed E-state index contributed by atoms with van der Waals surface area (Å²) in [5.41, 5.74) is 1.21. The zero-order chi connectivity index (χ0) is 23.9. The lowest BCUT2D eigenvalue weighted by Crippen LogP contribution is -2.52. The van der Waals surface area contributed by atoms with E-state index in [2.05, 4.69) is 10.6 Å². The molecule has 0 aliphatic carbocycles. The molecule has 0 aromatic heterocycles. The lowest BCUT2D eigenvalue weighted by molar-refractivity contribution is -0.154. The van der Waals surface area contributed by atoms with Crippen molar-refractivity contribution in [3.05, 3.63) is 29.3 Å². The van der Waals surface area contributed by atoms with E-state index >= 15 is 0 Å². The fourth-order valence-electron chi connectivity index (χ4n) is 4.73. The van der Waals surface area contributed by atoms with Gasteiger partial charge in [0.25, 0.3) is 0 Å². The van der Waals surface area contributed by atoms with Crippen LogP contribution in [0.5, 0.6) is 0 Å². The molecule has 10 nitrogen and oxygen atoms in total. The largest absolute Gasteiger partial charge is 0.444 e. The van der Waals surface area contributed by atoms with Gasteiger partial charge in [-0.25, -0.2) is 9.69 Å². The van der Waals surface area contributed by atoms with Gasteiger partial charge in [0.15, 0.2) is 0 Å². The van der Waals surface area contributed by atoms with Crippen LogP contribution in [0, 0.1) is 0 Å². The molecular formula is C23H32N4O6. The lowest BCUT2D eigenvalue weighted by Gasteiger charge is -2.35. The Kier molecular flexibility index (Phi) is 6.35. The van der Waals surface area contributed by atoms with E-state index in [1.165, 1.54) is 4.90 Å². The summed E-state index contributed by atoms with van der Waals surface area (Å²) in [6, 6.07) is 4.63. The molecule has 3 aliphatic rings. The van der Waals surface area contributed by atoms with E-state index in [0.29, 0.717) is 42.7 Å². The predicted molar refractivity (Wildman–Crippen MR) is 119 cm³/mol. The lowest BCUT2D eigenvalue weighted by atomic mass is 10.0. The number of ether oxygens (including phenoxy) is 1. The number of carbonyl (C=O) groups is 3. The molecule has 0 saturated carbocycles. The second kappa shape index (κ2) is 8.92. The number of aliphatic hydroxyl groups is 2. The molecule has 180 valence electrons. The van der Waals surface area contributed by atoms with Gasteiger partial charge in [-0.15, -0.1) is 0 Å². The van der Waals surface area contributed by atoms with E-state index < -0.39 is 30.0 Å². The molecule has 3 unspecified atom stereocenters. The Morgan fingerprint density at radius 1 is 1.12 bits per heavy atom. The van der Waals surface area contributed by atoms with Crippen LogP contribution in [0.2, 0.25) is 0 Å². The molecule has 3 atom stereocenters. The molecule has 10 heteroatoms. The second-order valence-electron chi connectivity index (χ2n) is 9.86. The summed E-state index contributed by atoms with van der Waals surface area (Å²) in [6.07, 6.45) is -0.862. The Morgan fingerprint density at radius 3 is 2.45 bits per heavy atom. The number of likely N-dealkylation sites (tertiary alicyclic amines) is 1. The van der Waals surface area contributed by atoms with Crippen LogP contribution in [0.4, 0.5) is 10.5 Å². The normalized spacial score (nSPS) is 26.7. The molecule has 3 heterocycles. The highest BCUT2D eigenvalue weighted by Crippen LogP contribution is 2.45. The van der Waals surface area contributed by atoms with Crippen molar-refractivity contribution in [2.75, 3.05) is 18.4 Å². The minimum absolute atomic E-state index is 0.0733. The molecule has 1 aromatic carbocycles. The highest BCUT2D eigenvalue weighted by Gasteiger charge is 2.46. The number of hydrogen-bond acceptors (Lipinski definition) is 8. The van der Waals surface area contributed by atoms with E-state index in [-0.39, 0.29) is 30.9 Å². The molecule has 0 spiro atoms. The smallest absolute Gasteiger partial charge is 0.410 e. The molecule has 2 saturated heterocycles. The van der Waals surface area contributed by atoms with Gasteiger partial charge in [0, 0.05) is 42.4 Å². The Morgan fingerprint density at radius 2 is 1.82 bits per heavy atom. The molecule has 1 aromatic rings. The molecular weight excluding hydrogens is 428 g/mol. The van der Waals surface area contributed by atoms with Crippen LogP contribution in [0.3, 0.4) is 0 Å². The van der Waals surface area contributed by atoms with Gasteiger partial charge in [-0.2, -0.15) is 0 Å². The van der Waals surface area contributed by atoms with E-state index in [1.54, 1.807) is 17.0 Å². The van der Waals surface area contributed by atoms with Crippen LogP contribution in [-0.4, -0.2) is 68.7 Å². The first-order chi connectivity index (χ1) is 15.5. The Balaban J connectivity index is 1.44. The second-order valence-corrected chi connectivity index (χ2v) is 9.86. The minimum atomic E-state index is -1.19. The van der Waals surface area contributed by atoms with Crippen LogP contribution in [0.25, 0.3) is 0 Å². The molecule has 2 fully saturated rings. The standard InChI is InChI=1S/C23H32N4O6/c1-23(2,3)33-22(32)26-11-9-13(10-12-26)24-15-6-4-5-14-18(15)21(31)27(20(14)30)16-7-8-17(28)25-19(16)29/h4-6,13,16,20-21,24,30-31H,7-12H2,1-3H3,(H,25,28,29). The maximum absolute atomic E-state index is 12.4. The third-order valence-corrected chi connectivity index (χ3v) is 6.32. The van der Waals surface area contributed by atoms with Crippen molar-refractivity contribution in [1.82, 2.24) is 15.1 Å². The summed E-state index contributed by atoms with van der Waals surface area (Å²) in [5, 5.41) is 27.7. The van der Waals surface area contributed by atoms with E-state index in [1.807, 2.05) is 26.8 Å². The Hall–Kier alpha value is -2.69. The van der Waals surface area contributed by atoms with Gasteiger partial charge in [-0.3, -0.25) is 14.9 Å². The average molecular weight is 461 g/mol. The van der Waals surface area contributed by atoms with Crippen molar-refractivity contribution in [3.8, 4) is 0 Å². The zero-order valence-corrected chi connectivity index (χ0v) is 19.2. The van der Waals surface area contributed by atoms with Gasteiger partial charge < -0.3 is 25.2 Å². The Labute approximate surface area is 192 Å². The van der Waals surface area contributed by atoms with Crippen LogP contribution >= 0.6 is 0 Å². The van der Waals surface area contributed by atoms with Crippen LogP contribution in [-0.2, 0) is 14.3 Å². The molecule has 3 aliphatic heterocycles. The summed E-state index contributed by atoms with van der Waals surface area (Å²) < 4.78 is 5.45. The highest BCUT2D eigenvalue weighted by molar-refractivity contribution is 6.00. The first kappa shape index (κ1) is 23.5. The van der Waals surface area contributed by atoms with Gasteiger partial charge in [-0.1, -0.05) is 12.1 Å². The number of amides is 3. The average Bonchev–Trinajstić information content (AvgIpc) is 2.99. The molecule has 4 N–H and O–H groups in total. The summed E-state index contributed by atoms with van der Waals surface area (Å²) in [7, 11) is 0. The maximum Gasteiger partial charge on any atom is 0.410 e. The van der Waals surface area contributed by atoms with Gasteiger partial charge >= 0.3 is 6.09 Å². The summed E-state index contributed by atoms with van der Waals surface area (Å²) >= 11 is 0. The molecule has 0 bridgehead atoms. The van der Waals surface area contributed by atoms with Crippen molar-refractivity contribution >= 4 is 23.6 Å². The summed E-state index contributed by atoms with van der Waals surface area (Å²) in [5.74, 6) is -0.863. The van der Waals surface area contributed by atoms with E-state index in [4.69, 9.17) is 4.74 Å². The fraction of sp³-hybridized carbons (Fsp3) is 0.609. The number of fused-ring (bicyclic) bond motifs is 1. The maximum atomic E-state index is 12.4. The van der Waals surface area contributed by atoms with Crippen molar-refractivity contribution < 1.29 is 29.3 Å². The number of aliphatic hydroxyl groups excluding tert-OH is 2. The third kappa shape index (κ3) is 4.83. The SMILES string of the molecule is CC(C)(C)OC(=O)N1CCC(Nc2cccc3c2C(O)N(C2CCC(=O)NC2=O)C3O)CC1. The number of hydrogen-bond donors (Lipinski definition) is 4. The topological polar surface area (TPSA) is 131 Å². The first-order valence-corrected chi connectivity index (χ1v) is 11.4. The van der Waals surface area contributed by atoms with Gasteiger partial charge in [0.05, 0.1) is 6.04 Å². The summed E-state index contributed by atoms with van der Waals surface area (Å²) in [4.78, 5) is 39.2. The summed E-state index contributed by atoms with van der Waals surface area (Å²) in [6.45, 7) is 6.62. The van der Waals surface area contributed by atoms with Crippen LogP contribution < -0.4 is 10.6 Å². The first-order valence-electron chi connectivity index (χ1n) is 11.4. The zero-order valence-electron chi connectivity index (χ0n) is 19.2. The number of imide groups is 1. The number of rotatable bonds is 3. The van der Waals surface area contributed by atoms with Crippen molar-refractivity contribution in [2.24, 2.45) is 0 Å². The highest BCUT2D eigenvalue weighted by atomic mass is 16.6. The number of carbonyl (C=O) groups excluding carboxylic acids is 3. The Bertz CT molecular complexity index is 937. The van der Waals surface area contributed by atoms with Crippen molar-refractivity contribution in [3.63, 3.8) is 0 Å². The van der Waals surface area contributed by atoms with Gasteiger partial charge in [0.1, 0.15) is 18.1 Å².